The van der Waals surface area contributed by atoms with Crippen molar-refractivity contribution in [3.8, 4) is 11.5 Å². The minimum absolute atomic E-state index is 0.0791. The van der Waals surface area contributed by atoms with Crippen molar-refractivity contribution in [3.63, 3.8) is 0 Å². The summed E-state index contributed by atoms with van der Waals surface area (Å²) >= 11 is 0. The van der Waals surface area contributed by atoms with Gasteiger partial charge in [0.05, 0.1) is 11.3 Å². The Hall–Kier alpha value is -3.35. The van der Waals surface area contributed by atoms with Crippen molar-refractivity contribution in [3.05, 3.63) is 59.7 Å². The predicted molar refractivity (Wildman–Crippen MR) is 107 cm³/mol. The second-order valence-corrected chi connectivity index (χ2v) is 7.64. The zero-order valence-electron chi connectivity index (χ0n) is 16.2. The van der Waals surface area contributed by atoms with Gasteiger partial charge in [-0.25, -0.2) is 15.0 Å². The summed E-state index contributed by atoms with van der Waals surface area (Å²) in [5.74, 6) is 0.821. The molecule has 0 fully saturated rings. The number of carbonyl (C=O) groups is 1. The average molecular weight is 374 g/mol. The molecule has 3 aromatic heterocycles. The van der Waals surface area contributed by atoms with Crippen molar-refractivity contribution in [2.24, 2.45) is 5.73 Å². The van der Waals surface area contributed by atoms with Crippen LogP contribution >= 0.6 is 0 Å². The van der Waals surface area contributed by atoms with Crippen molar-refractivity contribution in [1.82, 2.24) is 19.9 Å². The van der Waals surface area contributed by atoms with Crippen LogP contribution in [0.15, 0.2) is 42.9 Å². The second kappa shape index (κ2) is 6.67. The van der Waals surface area contributed by atoms with Gasteiger partial charge in [0.2, 0.25) is 0 Å². The number of amides is 1. The SMILES string of the molecule is Cc1cccc(-c2ncc3c(n2)N(c2ccncc2C(N)=O)CCC3(C)C)n1. The summed E-state index contributed by atoms with van der Waals surface area (Å²) in [5, 5.41) is 0. The van der Waals surface area contributed by atoms with Crippen LogP contribution in [0.25, 0.3) is 11.5 Å². The van der Waals surface area contributed by atoms with E-state index in [2.05, 4.69) is 28.8 Å². The summed E-state index contributed by atoms with van der Waals surface area (Å²) in [5.41, 5.74) is 9.24. The Morgan fingerprint density at radius 2 is 2.00 bits per heavy atom. The molecule has 0 radical (unpaired) electrons. The molecule has 2 N–H and O–H groups in total. The summed E-state index contributed by atoms with van der Waals surface area (Å²) in [6, 6.07) is 7.58. The molecule has 1 aliphatic rings. The second-order valence-electron chi connectivity index (χ2n) is 7.64. The topological polar surface area (TPSA) is 97.9 Å². The van der Waals surface area contributed by atoms with E-state index < -0.39 is 5.91 Å². The van der Waals surface area contributed by atoms with Gasteiger partial charge in [-0.05, 0) is 37.0 Å². The van der Waals surface area contributed by atoms with Gasteiger partial charge in [0.1, 0.15) is 11.5 Å². The van der Waals surface area contributed by atoms with E-state index in [4.69, 9.17) is 10.7 Å². The van der Waals surface area contributed by atoms with Crippen molar-refractivity contribution >= 4 is 17.4 Å². The van der Waals surface area contributed by atoms with E-state index in [1.54, 1.807) is 12.3 Å². The van der Waals surface area contributed by atoms with Gasteiger partial charge in [-0.2, -0.15) is 0 Å². The van der Waals surface area contributed by atoms with Crippen LogP contribution < -0.4 is 10.6 Å². The van der Waals surface area contributed by atoms with Crippen molar-refractivity contribution in [2.45, 2.75) is 32.6 Å². The van der Waals surface area contributed by atoms with E-state index in [-0.39, 0.29) is 5.41 Å². The molecule has 0 saturated heterocycles. The molecular formula is C21H22N6O. The molecule has 0 atom stereocenters. The fourth-order valence-electron chi connectivity index (χ4n) is 3.53. The maximum atomic E-state index is 11.9. The zero-order chi connectivity index (χ0) is 19.9. The molecule has 4 rings (SSSR count). The molecular weight excluding hydrogens is 352 g/mol. The fraction of sp³-hybridized carbons (Fsp3) is 0.286. The van der Waals surface area contributed by atoms with Crippen LogP contribution in [-0.2, 0) is 5.41 Å². The van der Waals surface area contributed by atoms with Gasteiger partial charge < -0.3 is 10.6 Å². The molecule has 0 bridgehead atoms. The highest BCUT2D eigenvalue weighted by Gasteiger charge is 2.35. The van der Waals surface area contributed by atoms with Gasteiger partial charge >= 0.3 is 0 Å². The number of aromatic nitrogens is 4. The number of nitrogens with zero attached hydrogens (tertiary/aromatic N) is 5. The number of primary amides is 1. The number of hydrogen-bond donors (Lipinski definition) is 1. The Bertz CT molecular complexity index is 1060. The van der Waals surface area contributed by atoms with Crippen LogP contribution in [0.5, 0.6) is 0 Å². The van der Waals surface area contributed by atoms with Crippen LogP contribution in [-0.4, -0.2) is 32.4 Å². The van der Waals surface area contributed by atoms with E-state index in [0.29, 0.717) is 23.6 Å². The first-order valence-electron chi connectivity index (χ1n) is 9.20. The largest absolute Gasteiger partial charge is 0.365 e. The highest BCUT2D eigenvalue weighted by Crippen LogP contribution is 2.42. The lowest BCUT2D eigenvalue weighted by molar-refractivity contribution is 0.100. The van der Waals surface area contributed by atoms with Gasteiger partial charge in [0.15, 0.2) is 5.82 Å². The lowest BCUT2D eigenvalue weighted by atomic mass is 9.79. The van der Waals surface area contributed by atoms with E-state index in [9.17, 15) is 4.79 Å². The third-order valence-corrected chi connectivity index (χ3v) is 5.19. The minimum atomic E-state index is -0.510. The molecule has 0 saturated carbocycles. The number of anilines is 2. The highest BCUT2D eigenvalue weighted by atomic mass is 16.1. The lowest BCUT2D eigenvalue weighted by Crippen LogP contribution is -2.36. The maximum Gasteiger partial charge on any atom is 0.252 e. The third kappa shape index (κ3) is 3.09. The van der Waals surface area contributed by atoms with Crippen LogP contribution in [0.1, 0.15) is 41.9 Å². The van der Waals surface area contributed by atoms with Crippen LogP contribution in [0.3, 0.4) is 0 Å². The number of fused-ring (bicyclic) bond motifs is 1. The zero-order valence-corrected chi connectivity index (χ0v) is 16.2. The van der Waals surface area contributed by atoms with Gasteiger partial charge in [0, 0.05) is 36.4 Å². The fourth-order valence-corrected chi connectivity index (χ4v) is 3.53. The molecule has 0 aromatic carbocycles. The number of pyridine rings is 2. The summed E-state index contributed by atoms with van der Waals surface area (Å²) in [6.07, 6.45) is 5.93. The van der Waals surface area contributed by atoms with Crippen LogP contribution in [0, 0.1) is 6.92 Å². The number of nitrogens with two attached hydrogens (primary N) is 1. The summed E-state index contributed by atoms with van der Waals surface area (Å²) in [4.78, 5) is 32.0. The standard InChI is InChI=1S/C21H22N6O/c1-13-5-4-6-16(25-13)19-24-12-15-20(26-19)27(10-8-21(15,2)3)17-7-9-23-11-14(17)18(22)28/h4-7,9,11-12H,8,10H2,1-3H3,(H2,22,28). The van der Waals surface area contributed by atoms with E-state index in [1.165, 1.54) is 6.20 Å². The Labute approximate surface area is 163 Å². The monoisotopic (exact) mass is 374 g/mol. The minimum Gasteiger partial charge on any atom is -0.365 e. The molecule has 3 aromatic rings. The molecule has 28 heavy (non-hydrogen) atoms. The van der Waals surface area contributed by atoms with Gasteiger partial charge in [0.25, 0.3) is 5.91 Å². The number of aryl methyl sites for hydroxylation is 1. The van der Waals surface area contributed by atoms with Crippen molar-refractivity contribution < 1.29 is 4.79 Å². The Morgan fingerprint density at radius 3 is 2.75 bits per heavy atom. The smallest absolute Gasteiger partial charge is 0.252 e. The maximum absolute atomic E-state index is 11.9. The molecule has 4 heterocycles. The number of carbonyl (C=O) groups excluding carboxylic acids is 1. The Kier molecular flexibility index (Phi) is 4.30. The normalized spacial score (nSPS) is 15.2. The first kappa shape index (κ1) is 18.0. The Morgan fingerprint density at radius 1 is 1.18 bits per heavy atom. The van der Waals surface area contributed by atoms with Crippen LogP contribution in [0.2, 0.25) is 0 Å². The highest BCUT2D eigenvalue weighted by molar-refractivity contribution is 5.99. The van der Waals surface area contributed by atoms with Crippen molar-refractivity contribution in [2.75, 3.05) is 11.4 Å². The first-order chi connectivity index (χ1) is 13.4. The van der Waals surface area contributed by atoms with Crippen molar-refractivity contribution in [1.29, 1.82) is 0 Å². The summed E-state index contributed by atoms with van der Waals surface area (Å²) in [6.45, 7) is 7.01. The molecule has 0 aliphatic carbocycles. The van der Waals surface area contributed by atoms with Gasteiger partial charge in [-0.1, -0.05) is 19.9 Å². The molecule has 1 aliphatic heterocycles. The molecule has 1 amide bonds. The van der Waals surface area contributed by atoms with E-state index >= 15 is 0 Å². The molecule has 7 nitrogen and oxygen atoms in total. The summed E-state index contributed by atoms with van der Waals surface area (Å²) < 4.78 is 0. The third-order valence-electron chi connectivity index (χ3n) is 5.19. The molecule has 0 spiro atoms. The average Bonchev–Trinajstić information content (AvgIpc) is 2.68. The predicted octanol–water partition coefficient (Wildman–Crippen LogP) is 3.16. The summed E-state index contributed by atoms with van der Waals surface area (Å²) in [7, 11) is 0. The van der Waals surface area contributed by atoms with Crippen LogP contribution in [0.4, 0.5) is 11.5 Å². The van der Waals surface area contributed by atoms with E-state index in [1.807, 2.05) is 36.2 Å². The molecule has 7 heteroatoms. The number of hydrogen-bond acceptors (Lipinski definition) is 6. The quantitative estimate of drug-likeness (QED) is 0.756. The Balaban J connectivity index is 1.90. The first-order valence-corrected chi connectivity index (χ1v) is 9.20. The van der Waals surface area contributed by atoms with Gasteiger partial charge in [-0.15, -0.1) is 0 Å². The molecule has 142 valence electrons. The lowest BCUT2D eigenvalue weighted by Gasteiger charge is -2.39. The van der Waals surface area contributed by atoms with E-state index in [0.717, 1.165) is 29.2 Å². The van der Waals surface area contributed by atoms with Gasteiger partial charge in [-0.3, -0.25) is 9.78 Å². The molecule has 0 unspecified atom stereocenters. The number of rotatable bonds is 3.